The van der Waals surface area contributed by atoms with Gasteiger partial charge in [0.15, 0.2) is 5.90 Å². The zero-order valence-corrected chi connectivity index (χ0v) is 13.2. The summed E-state index contributed by atoms with van der Waals surface area (Å²) in [4.78, 5) is 15.0. The smallest absolute Gasteiger partial charge is 0.322 e. The molecule has 0 saturated carbocycles. The molecule has 118 valence electrons. The first-order valence-electron chi connectivity index (χ1n) is 7.65. The number of aliphatic imine (C=N–C) groups is 1. The minimum absolute atomic E-state index is 0.312. The van der Waals surface area contributed by atoms with Crippen LogP contribution in [-0.4, -0.2) is 38.2 Å². The van der Waals surface area contributed by atoms with Gasteiger partial charge in [-0.25, -0.2) is 0 Å². The molecule has 1 unspecified atom stereocenters. The maximum atomic E-state index is 10.7. The van der Waals surface area contributed by atoms with Gasteiger partial charge in [-0.05, 0) is 26.2 Å². The van der Waals surface area contributed by atoms with Gasteiger partial charge in [-0.1, -0.05) is 26.2 Å². The van der Waals surface area contributed by atoms with Crippen molar-refractivity contribution in [3.63, 3.8) is 0 Å². The van der Waals surface area contributed by atoms with Gasteiger partial charge in [0.25, 0.3) is 0 Å². The predicted molar refractivity (Wildman–Crippen MR) is 81.9 cm³/mol. The van der Waals surface area contributed by atoms with Crippen molar-refractivity contribution in [3.8, 4) is 0 Å². The molecule has 0 fully saturated rings. The predicted octanol–water partition coefficient (Wildman–Crippen LogP) is 2.67. The Morgan fingerprint density at radius 2 is 2.10 bits per heavy atom. The first-order valence-corrected chi connectivity index (χ1v) is 7.65. The number of methoxy groups -OCH3 is 1. The maximum absolute atomic E-state index is 10.7. The van der Waals surface area contributed by atoms with Gasteiger partial charge in [-0.15, -0.1) is 0 Å². The molecule has 0 amide bonds. The van der Waals surface area contributed by atoms with Gasteiger partial charge in [0.1, 0.15) is 6.04 Å². The van der Waals surface area contributed by atoms with Crippen molar-refractivity contribution in [2.24, 2.45) is 10.7 Å². The van der Waals surface area contributed by atoms with Gasteiger partial charge in [0.05, 0.1) is 13.7 Å². The zero-order valence-electron chi connectivity index (χ0n) is 13.2. The van der Waals surface area contributed by atoms with Crippen LogP contribution in [0.1, 0.15) is 58.8 Å². The number of nitrogens with two attached hydrogens (primary N) is 1. The number of ether oxygens (including phenoxy) is 2. The molecule has 0 aromatic heterocycles. The number of carbonyl (C=O) groups is 1. The summed E-state index contributed by atoms with van der Waals surface area (Å²) in [5, 5.41) is 0. The molecule has 2 N–H and O–H groups in total. The van der Waals surface area contributed by atoms with E-state index >= 15 is 0 Å². The monoisotopic (exact) mass is 286 g/mol. The van der Waals surface area contributed by atoms with Gasteiger partial charge in [0.2, 0.25) is 0 Å². The number of carbonyl (C=O) groups excluding carboxylic acids is 1. The van der Waals surface area contributed by atoms with Crippen molar-refractivity contribution in [1.29, 1.82) is 0 Å². The molecule has 0 spiro atoms. The van der Waals surface area contributed by atoms with Crippen LogP contribution in [0.25, 0.3) is 0 Å². The highest BCUT2D eigenvalue weighted by Gasteiger charge is 2.11. The Morgan fingerprint density at radius 1 is 1.35 bits per heavy atom. The van der Waals surface area contributed by atoms with E-state index in [1.165, 1.54) is 26.4 Å². The Hall–Kier alpha value is -1.10. The van der Waals surface area contributed by atoms with E-state index in [0.29, 0.717) is 0 Å². The fourth-order valence-corrected chi connectivity index (χ4v) is 1.83. The van der Waals surface area contributed by atoms with Crippen LogP contribution in [-0.2, 0) is 14.3 Å². The summed E-state index contributed by atoms with van der Waals surface area (Å²) in [5.74, 6) is 0.661. The number of esters is 1. The highest BCUT2D eigenvalue weighted by molar-refractivity contribution is 5.76. The standard InChI is InChI=1S/C8H15NO.C7H15NO2/c1-2-10-8-6-4-3-5-7-9-8;1-3-4-5-6(8)7(9)10-2/h2-7H2,1H3;6H,3-5,8H2,1-2H3. The Balaban J connectivity index is 0.000000361. The third-order valence-corrected chi connectivity index (χ3v) is 3.02. The molecule has 0 saturated heterocycles. The van der Waals surface area contributed by atoms with Crippen LogP contribution in [0, 0.1) is 0 Å². The van der Waals surface area contributed by atoms with E-state index in [-0.39, 0.29) is 5.97 Å². The van der Waals surface area contributed by atoms with Crippen LogP contribution in [0.5, 0.6) is 0 Å². The molecule has 0 radical (unpaired) electrons. The summed E-state index contributed by atoms with van der Waals surface area (Å²) in [7, 11) is 1.36. The number of hydrogen-bond donors (Lipinski definition) is 1. The average Bonchev–Trinajstić information content (AvgIpc) is 2.73. The highest BCUT2D eigenvalue weighted by Crippen LogP contribution is 2.07. The Labute approximate surface area is 122 Å². The van der Waals surface area contributed by atoms with Gasteiger partial charge >= 0.3 is 5.97 Å². The van der Waals surface area contributed by atoms with Crippen molar-refractivity contribution in [3.05, 3.63) is 0 Å². The van der Waals surface area contributed by atoms with E-state index in [0.717, 1.165) is 44.7 Å². The molecule has 0 bridgehead atoms. The summed E-state index contributed by atoms with van der Waals surface area (Å²) in [6, 6.07) is -0.426. The first kappa shape index (κ1) is 18.9. The lowest BCUT2D eigenvalue weighted by Gasteiger charge is -2.06. The lowest BCUT2D eigenvalue weighted by atomic mass is 10.1. The van der Waals surface area contributed by atoms with Crippen molar-refractivity contribution in [1.82, 2.24) is 0 Å². The second kappa shape index (κ2) is 12.9. The summed E-state index contributed by atoms with van der Waals surface area (Å²) < 4.78 is 9.76. The van der Waals surface area contributed by atoms with Crippen LogP contribution in [0.4, 0.5) is 0 Å². The Bertz CT molecular complexity index is 280. The van der Waals surface area contributed by atoms with Gasteiger partial charge in [0, 0.05) is 13.0 Å². The van der Waals surface area contributed by atoms with E-state index in [1.54, 1.807) is 0 Å². The highest BCUT2D eigenvalue weighted by atomic mass is 16.5. The molecule has 0 aromatic carbocycles. The average molecular weight is 286 g/mol. The third-order valence-electron chi connectivity index (χ3n) is 3.02. The molecule has 0 aromatic rings. The fourth-order valence-electron chi connectivity index (χ4n) is 1.83. The first-order chi connectivity index (χ1) is 9.65. The molecular formula is C15H30N2O3. The molecule has 1 aliphatic rings. The quantitative estimate of drug-likeness (QED) is 0.788. The lowest BCUT2D eigenvalue weighted by molar-refractivity contribution is -0.142. The second-order valence-electron chi connectivity index (χ2n) is 4.79. The van der Waals surface area contributed by atoms with E-state index in [1.807, 2.05) is 6.92 Å². The van der Waals surface area contributed by atoms with Crippen molar-refractivity contribution < 1.29 is 14.3 Å². The Kier molecular flexibility index (Phi) is 12.2. The lowest BCUT2D eigenvalue weighted by Crippen LogP contribution is -2.31. The van der Waals surface area contributed by atoms with Crippen molar-refractivity contribution in [2.75, 3.05) is 20.3 Å². The third kappa shape index (κ3) is 9.78. The number of hydrogen-bond acceptors (Lipinski definition) is 5. The van der Waals surface area contributed by atoms with Crippen LogP contribution >= 0.6 is 0 Å². The van der Waals surface area contributed by atoms with E-state index in [2.05, 4.69) is 16.7 Å². The van der Waals surface area contributed by atoms with E-state index < -0.39 is 6.04 Å². The second-order valence-corrected chi connectivity index (χ2v) is 4.79. The minimum atomic E-state index is -0.426. The number of rotatable bonds is 5. The molecule has 5 heteroatoms. The van der Waals surface area contributed by atoms with Crippen molar-refractivity contribution in [2.45, 2.75) is 64.8 Å². The number of nitrogens with zero attached hydrogens (tertiary/aromatic N) is 1. The molecule has 5 nitrogen and oxygen atoms in total. The summed E-state index contributed by atoms with van der Waals surface area (Å²) >= 11 is 0. The van der Waals surface area contributed by atoms with Crippen LogP contribution in [0.2, 0.25) is 0 Å². The van der Waals surface area contributed by atoms with Gasteiger partial charge in [-0.2, -0.15) is 0 Å². The van der Waals surface area contributed by atoms with Gasteiger partial charge in [-0.3, -0.25) is 9.79 Å². The summed E-state index contributed by atoms with van der Waals surface area (Å²) in [6.45, 7) is 5.80. The van der Waals surface area contributed by atoms with Crippen molar-refractivity contribution >= 4 is 11.9 Å². The summed E-state index contributed by atoms with van der Waals surface area (Å²) in [5.41, 5.74) is 5.44. The molecule has 1 heterocycles. The fraction of sp³-hybridized carbons (Fsp3) is 0.867. The molecular weight excluding hydrogens is 256 g/mol. The Morgan fingerprint density at radius 3 is 2.70 bits per heavy atom. The molecule has 1 aliphatic heterocycles. The van der Waals surface area contributed by atoms with Gasteiger partial charge < -0.3 is 15.2 Å². The molecule has 1 rings (SSSR count). The largest absolute Gasteiger partial charge is 0.481 e. The maximum Gasteiger partial charge on any atom is 0.322 e. The molecule has 1 atom stereocenters. The van der Waals surface area contributed by atoms with Crippen LogP contribution in [0.3, 0.4) is 0 Å². The van der Waals surface area contributed by atoms with Crippen LogP contribution in [0.15, 0.2) is 4.99 Å². The topological polar surface area (TPSA) is 73.9 Å². The molecule has 0 aliphatic carbocycles. The summed E-state index contributed by atoms with van der Waals surface area (Å²) in [6.07, 6.45) is 7.60. The number of unbranched alkanes of at least 4 members (excludes halogenated alkanes) is 1. The van der Waals surface area contributed by atoms with Crippen LogP contribution < -0.4 is 5.73 Å². The van der Waals surface area contributed by atoms with E-state index in [4.69, 9.17) is 10.5 Å². The SMILES string of the molecule is CCCCC(N)C(=O)OC.CCOC1=NCCCCC1. The molecule has 20 heavy (non-hydrogen) atoms. The minimum Gasteiger partial charge on any atom is -0.481 e. The zero-order chi connectivity index (χ0) is 15.2. The van der Waals surface area contributed by atoms with E-state index in [9.17, 15) is 4.79 Å². The normalized spacial score (nSPS) is 16.1.